The quantitative estimate of drug-likeness (QED) is 0.291. The molecule has 0 fully saturated rings. The Morgan fingerprint density at radius 3 is 2.79 bits per heavy atom. The molecule has 0 aromatic carbocycles. The maximum atomic E-state index is 10.2. The van der Waals surface area contributed by atoms with Gasteiger partial charge in [-0.1, -0.05) is 0 Å². The highest BCUT2D eigenvalue weighted by Crippen LogP contribution is 1.98. The van der Waals surface area contributed by atoms with Crippen LogP contribution in [-0.4, -0.2) is 15.7 Å². The maximum absolute atomic E-state index is 10.2. The fourth-order valence-electron chi connectivity index (χ4n) is 1.04. The van der Waals surface area contributed by atoms with E-state index in [1.807, 2.05) is 5.87 Å². The molecule has 3 N–H and O–H groups in total. The predicted octanol–water partition coefficient (Wildman–Crippen LogP) is -0.600. The number of hydrogen-bond acceptors (Lipinski definition) is 5. The minimum atomic E-state index is -0.0174. The first-order chi connectivity index (χ1) is 6.60. The fraction of sp³-hybridized carbons (Fsp3) is 0.429. The molecule has 0 saturated heterocycles. The van der Waals surface area contributed by atoms with E-state index in [4.69, 9.17) is 11.3 Å². The Kier molecular flexibility index (Phi) is 2.73. The van der Waals surface area contributed by atoms with Gasteiger partial charge in [-0.25, -0.2) is 0 Å². The van der Waals surface area contributed by atoms with Crippen molar-refractivity contribution in [1.29, 1.82) is 5.41 Å². The molecule has 0 aliphatic rings. The Balaban J connectivity index is 3.04. The van der Waals surface area contributed by atoms with Crippen LogP contribution in [0.3, 0.4) is 0 Å². The van der Waals surface area contributed by atoms with Crippen molar-refractivity contribution in [1.82, 2.24) is 9.78 Å². The number of aryl methyl sites for hydroxylation is 1. The van der Waals surface area contributed by atoms with Gasteiger partial charge in [0.25, 0.3) is 11.6 Å². The number of nitroso groups, excluding NO2 is 1. The molecule has 0 spiro atoms. The van der Waals surface area contributed by atoms with Gasteiger partial charge in [0.2, 0.25) is 0 Å². The van der Waals surface area contributed by atoms with Crippen molar-refractivity contribution in [3.63, 3.8) is 0 Å². The number of allylic oxidation sites excluding steroid dienone is 1. The minimum Gasteiger partial charge on any atom is -0.289 e. The van der Waals surface area contributed by atoms with Crippen molar-refractivity contribution in [3.05, 3.63) is 22.3 Å². The standard InChI is InChI=1S/C7H11N6O/c1-5-10-12(6(2)13(5)9)4-7(3-8)11-14/h8H,4,9H2,1-2H3/q+1. The molecule has 7 heteroatoms. The lowest BCUT2D eigenvalue weighted by Gasteiger charge is -1.91. The van der Waals surface area contributed by atoms with E-state index >= 15 is 0 Å². The summed E-state index contributed by atoms with van der Waals surface area (Å²) in [6, 6.07) is 0. The number of rotatable bonds is 3. The van der Waals surface area contributed by atoms with E-state index in [1.165, 1.54) is 9.36 Å². The zero-order valence-corrected chi connectivity index (χ0v) is 7.98. The van der Waals surface area contributed by atoms with Crippen LogP contribution in [0.4, 0.5) is 0 Å². The Hall–Kier alpha value is -2.01. The first kappa shape index (κ1) is 10.1. The van der Waals surface area contributed by atoms with Gasteiger partial charge in [0.15, 0.2) is 12.2 Å². The smallest absolute Gasteiger partial charge is 0.289 e. The van der Waals surface area contributed by atoms with Gasteiger partial charge in [-0.2, -0.15) is 0 Å². The zero-order valence-electron chi connectivity index (χ0n) is 7.98. The molecule has 1 heterocycles. The summed E-state index contributed by atoms with van der Waals surface area (Å²) in [5.74, 6) is 8.84. The highest BCUT2D eigenvalue weighted by molar-refractivity contribution is 5.53. The number of nitrogen functional groups attached to an aromatic ring is 1. The summed E-state index contributed by atoms with van der Waals surface area (Å²) in [5, 5.41) is 13.5. The van der Waals surface area contributed by atoms with Crippen LogP contribution in [-0.2, 0) is 6.54 Å². The molecular formula is C7H11N6O+. The average molecular weight is 195 g/mol. The lowest BCUT2D eigenvalue weighted by molar-refractivity contribution is -0.652. The number of hydrogen-bond donors (Lipinski definition) is 2. The third-order valence-corrected chi connectivity index (χ3v) is 1.89. The van der Waals surface area contributed by atoms with Gasteiger partial charge in [0, 0.05) is 24.8 Å². The van der Waals surface area contributed by atoms with Gasteiger partial charge >= 0.3 is 0 Å². The second-order valence-corrected chi connectivity index (χ2v) is 2.79. The van der Waals surface area contributed by atoms with Gasteiger partial charge in [-0.05, 0) is 5.18 Å². The van der Waals surface area contributed by atoms with E-state index in [2.05, 4.69) is 10.3 Å². The highest BCUT2D eigenvalue weighted by Gasteiger charge is 2.18. The molecule has 1 aromatic rings. The van der Waals surface area contributed by atoms with Crippen molar-refractivity contribution in [2.24, 2.45) is 5.18 Å². The van der Waals surface area contributed by atoms with Crippen LogP contribution in [0.1, 0.15) is 11.6 Å². The van der Waals surface area contributed by atoms with Crippen LogP contribution in [0.5, 0.6) is 0 Å². The Labute approximate surface area is 80.3 Å². The molecule has 0 atom stereocenters. The molecule has 0 aliphatic carbocycles. The molecule has 0 saturated carbocycles. The second kappa shape index (κ2) is 3.80. The van der Waals surface area contributed by atoms with Crippen LogP contribution in [0.25, 0.3) is 0 Å². The normalized spacial score (nSPS) is 9.57. The van der Waals surface area contributed by atoms with Crippen molar-refractivity contribution < 1.29 is 4.68 Å². The van der Waals surface area contributed by atoms with Crippen molar-refractivity contribution in [2.45, 2.75) is 20.4 Å². The van der Waals surface area contributed by atoms with Gasteiger partial charge in [-0.3, -0.25) is 11.3 Å². The maximum Gasteiger partial charge on any atom is 0.295 e. The molecule has 0 unspecified atom stereocenters. The molecule has 7 nitrogen and oxygen atoms in total. The van der Waals surface area contributed by atoms with Crippen LogP contribution in [0.2, 0.25) is 0 Å². The van der Waals surface area contributed by atoms with Crippen LogP contribution in [0.15, 0.2) is 10.9 Å². The first-order valence-corrected chi connectivity index (χ1v) is 3.93. The van der Waals surface area contributed by atoms with E-state index in [9.17, 15) is 4.91 Å². The van der Waals surface area contributed by atoms with Crippen molar-refractivity contribution >= 4 is 5.87 Å². The summed E-state index contributed by atoms with van der Waals surface area (Å²) < 4.78 is 2.89. The van der Waals surface area contributed by atoms with Crippen LogP contribution >= 0.6 is 0 Å². The summed E-state index contributed by atoms with van der Waals surface area (Å²) in [4.78, 5) is 10.2. The molecule has 14 heavy (non-hydrogen) atoms. The number of nitrogens with two attached hydrogens (primary N) is 1. The molecular weight excluding hydrogens is 184 g/mol. The summed E-state index contributed by atoms with van der Waals surface area (Å²) in [7, 11) is 0. The second-order valence-electron chi connectivity index (χ2n) is 2.79. The Morgan fingerprint density at radius 2 is 2.43 bits per heavy atom. The van der Waals surface area contributed by atoms with Crippen LogP contribution < -0.4 is 10.5 Å². The van der Waals surface area contributed by atoms with Crippen LogP contribution in [0, 0.1) is 24.2 Å². The largest absolute Gasteiger partial charge is 0.295 e. The summed E-state index contributed by atoms with van der Waals surface area (Å²) in [6.07, 6.45) is 0. The SMILES string of the molecule is Cc1nn(CC(=C=N)N=O)c(C)[n+]1N. The van der Waals surface area contributed by atoms with Gasteiger partial charge in [-0.15, -0.1) is 14.3 Å². The molecule has 1 rings (SSSR count). The summed E-state index contributed by atoms with van der Waals surface area (Å²) in [6.45, 7) is 3.61. The number of nitrogens with one attached hydrogen (secondary N) is 1. The monoisotopic (exact) mass is 195 g/mol. The molecule has 1 aromatic heterocycles. The predicted molar refractivity (Wildman–Crippen MR) is 49.1 cm³/mol. The fourth-order valence-corrected chi connectivity index (χ4v) is 1.04. The Bertz CT molecular complexity index is 414. The van der Waals surface area contributed by atoms with E-state index in [0.717, 1.165) is 0 Å². The van der Waals surface area contributed by atoms with Gasteiger partial charge < -0.3 is 0 Å². The topological polar surface area (TPSA) is 101 Å². The lowest BCUT2D eigenvalue weighted by atomic mass is 10.5. The van der Waals surface area contributed by atoms with Crippen molar-refractivity contribution in [3.8, 4) is 0 Å². The summed E-state index contributed by atoms with van der Waals surface area (Å²) >= 11 is 0. The van der Waals surface area contributed by atoms with Gasteiger partial charge in [0.1, 0.15) is 0 Å². The van der Waals surface area contributed by atoms with E-state index in [-0.39, 0.29) is 12.2 Å². The Morgan fingerprint density at radius 1 is 1.79 bits per heavy atom. The minimum absolute atomic E-state index is 0.0174. The molecule has 74 valence electrons. The number of nitrogens with zero attached hydrogens (tertiary/aromatic N) is 4. The van der Waals surface area contributed by atoms with E-state index in [1.54, 1.807) is 13.8 Å². The van der Waals surface area contributed by atoms with E-state index in [0.29, 0.717) is 11.6 Å². The van der Waals surface area contributed by atoms with Crippen molar-refractivity contribution in [2.75, 3.05) is 5.84 Å². The third kappa shape index (κ3) is 1.67. The van der Waals surface area contributed by atoms with E-state index < -0.39 is 0 Å². The molecule has 0 aliphatic heterocycles. The average Bonchev–Trinajstić information content (AvgIpc) is 2.42. The zero-order chi connectivity index (χ0) is 10.7. The first-order valence-electron chi connectivity index (χ1n) is 3.93. The summed E-state index contributed by atoms with van der Waals surface area (Å²) in [5.41, 5.74) is -0.0174. The molecule has 0 radical (unpaired) electrons. The lowest BCUT2D eigenvalue weighted by Crippen LogP contribution is -2.48. The van der Waals surface area contributed by atoms with Gasteiger partial charge in [0.05, 0.1) is 0 Å². The third-order valence-electron chi connectivity index (χ3n) is 1.89. The number of aromatic nitrogens is 3. The molecule has 0 bridgehead atoms. The highest BCUT2D eigenvalue weighted by atomic mass is 16.3. The molecule has 0 amide bonds.